The summed E-state index contributed by atoms with van der Waals surface area (Å²) in [4.78, 5) is 32.7. The third kappa shape index (κ3) is 4.45. The lowest BCUT2D eigenvalue weighted by Crippen LogP contribution is -2.58. The van der Waals surface area contributed by atoms with E-state index in [1.807, 2.05) is 0 Å². The standard InChI is InChI=1S/C17H19ClN4O3S/c18-12-2-1-3-13(10-12)22-16(24)14(15(23)20-17(22)26)11-19-4-5-21-6-8-25-9-7-21/h1-3,10-11,14H,4-9H2,(H,20,23,26)/t14-/m0/s1. The Kier molecular flexibility index (Phi) is 6.31. The topological polar surface area (TPSA) is 74.2 Å². The van der Waals surface area contributed by atoms with Crippen LogP contribution in [0.25, 0.3) is 0 Å². The van der Waals surface area contributed by atoms with Gasteiger partial charge in [0.1, 0.15) is 0 Å². The van der Waals surface area contributed by atoms with Crippen molar-refractivity contribution < 1.29 is 14.3 Å². The highest BCUT2D eigenvalue weighted by Gasteiger charge is 2.38. The largest absolute Gasteiger partial charge is 0.379 e. The molecule has 138 valence electrons. The van der Waals surface area contributed by atoms with Crippen molar-refractivity contribution in [3.8, 4) is 0 Å². The molecule has 0 bridgehead atoms. The number of morpholine rings is 1. The second-order valence-electron chi connectivity index (χ2n) is 5.93. The highest BCUT2D eigenvalue weighted by molar-refractivity contribution is 7.80. The van der Waals surface area contributed by atoms with E-state index in [2.05, 4.69) is 15.2 Å². The highest BCUT2D eigenvalue weighted by Crippen LogP contribution is 2.23. The predicted octanol–water partition coefficient (Wildman–Crippen LogP) is 1.11. The molecule has 1 aromatic rings. The number of ether oxygens (including phenoxy) is 1. The molecule has 26 heavy (non-hydrogen) atoms. The Labute approximate surface area is 161 Å². The molecule has 1 atom stereocenters. The zero-order valence-electron chi connectivity index (χ0n) is 14.1. The molecule has 7 nitrogen and oxygen atoms in total. The average molecular weight is 395 g/mol. The lowest BCUT2D eigenvalue weighted by Gasteiger charge is -2.31. The van der Waals surface area contributed by atoms with Gasteiger partial charge in [0, 0.05) is 30.9 Å². The number of nitrogens with zero attached hydrogens (tertiary/aromatic N) is 3. The summed E-state index contributed by atoms with van der Waals surface area (Å²) in [6.07, 6.45) is 1.40. The summed E-state index contributed by atoms with van der Waals surface area (Å²) in [7, 11) is 0. The highest BCUT2D eigenvalue weighted by atomic mass is 35.5. The van der Waals surface area contributed by atoms with E-state index in [9.17, 15) is 9.59 Å². The monoisotopic (exact) mass is 394 g/mol. The number of carbonyl (C=O) groups is 2. The van der Waals surface area contributed by atoms with Gasteiger partial charge in [0.15, 0.2) is 11.0 Å². The molecule has 2 saturated heterocycles. The van der Waals surface area contributed by atoms with Gasteiger partial charge >= 0.3 is 0 Å². The van der Waals surface area contributed by atoms with Crippen LogP contribution in [0.1, 0.15) is 0 Å². The van der Waals surface area contributed by atoms with Crippen LogP contribution in [0.15, 0.2) is 29.3 Å². The number of carbonyl (C=O) groups excluding carboxylic acids is 2. The Hall–Kier alpha value is -1.87. The van der Waals surface area contributed by atoms with Gasteiger partial charge < -0.3 is 10.1 Å². The first-order valence-corrected chi connectivity index (χ1v) is 9.09. The summed E-state index contributed by atoms with van der Waals surface area (Å²) in [5.41, 5.74) is 0.513. The molecule has 2 aliphatic rings. The molecular formula is C17H19ClN4O3S. The van der Waals surface area contributed by atoms with Crippen LogP contribution in [0.4, 0.5) is 5.69 Å². The van der Waals surface area contributed by atoms with Gasteiger partial charge in [-0.15, -0.1) is 0 Å². The summed E-state index contributed by atoms with van der Waals surface area (Å²) in [5.74, 6) is -1.91. The normalized spacial score (nSPS) is 22.1. The Morgan fingerprint density at radius 3 is 2.85 bits per heavy atom. The lowest BCUT2D eigenvalue weighted by molar-refractivity contribution is -0.130. The predicted molar refractivity (Wildman–Crippen MR) is 104 cm³/mol. The number of rotatable bonds is 5. The molecule has 0 spiro atoms. The zero-order chi connectivity index (χ0) is 18.5. The van der Waals surface area contributed by atoms with Crippen molar-refractivity contribution in [2.75, 3.05) is 44.3 Å². The maximum Gasteiger partial charge on any atom is 0.251 e. The molecule has 0 aromatic heterocycles. The van der Waals surface area contributed by atoms with Gasteiger partial charge in [-0.1, -0.05) is 17.7 Å². The number of nitrogens with one attached hydrogen (secondary N) is 1. The third-order valence-electron chi connectivity index (χ3n) is 4.17. The molecule has 2 fully saturated rings. The minimum absolute atomic E-state index is 0.0419. The Bertz CT molecular complexity index is 736. The first kappa shape index (κ1) is 18.9. The van der Waals surface area contributed by atoms with Gasteiger partial charge in [-0.3, -0.25) is 24.4 Å². The van der Waals surface area contributed by atoms with Gasteiger partial charge in [-0.25, -0.2) is 0 Å². The average Bonchev–Trinajstić information content (AvgIpc) is 2.61. The number of amides is 2. The summed E-state index contributed by atoms with van der Waals surface area (Å²) >= 11 is 11.1. The first-order valence-electron chi connectivity index (χ1n) is 8.30. The van der Waals surface area contributed by atoms with Crippen LogP contribution in [-0.2, 0) is 14.3 Å². The molecule has 9 heteroatoms. The van der Waals surface area contributed by atoms with Gasteiger partial charge in [0.25, 0.3) is 5.91 Å². The van der Waals surface area contributed by atoms with Crippen molar-refractivity contribution in [3.05, 3.63) is 29.3 Å². The number of anilines is 1. The van der Waals surface area contributed by atoms with Crippen LogP contribution >= 0.6 is 23.8 Å². The van der Waals surface area contributed by atoms with Gasteiger partial charge in [-0.2, -0.15) is 0 Å². The summed E-state index contributed by atoms with van der Waals surface area (Å²) < 4.78 is 5.30. The second kappa shape index (κ2) is 8.68. The number of halogens is 1. The molecule has 1 N–H and O–H groups in total. The van der Waals surface area contributed by atoms with E-state index in [4.69, 9.17) is 28.6 Å². The SMILES string of the molecule is O=C1NC(=S)N(c2cccc(Cl)c2)C(=O)[C@H]1C=NCCN1CCOCC1. The maximum absolute atomic E-state index is 12.8. The summed E-state index contributed by atoms with van der Waals surface area (Å²) in [6.45, 7) is 4.46. The number of aliphatic imine (C=N–C) groups is 1. The molecule has 2 amide bonds. The number of benzene rings is 1. The fourth-order valence-corrected chi connectivity index (χ4v) is 3.27. The number of thiocarbonyl (C=S) groups is 1. The van der Waals surface area contributed by atoms with Crippen LogP contribution in [0.2, 0.25) is 5.02 Å². The summed E-state index contributed by atoms with van der Waals surface area (Å²) in [5, 5.41) is 3.07. The van der Waals surface area contributed by atoms with Gasteiger partial charge in [0.05, 0.1) is 25.4 Å². The Morgan fingerprint density at radius 1 is 1.35 bits per heavy atom. The van der Waals surface area contributed by atoms with Crippen LogP contribution in [-0.4, -0.2) is 67.4 Å². The molecule has 2 heterocycles. The molecule has 0 saturated carbocycles. The molecule has 0 radical (unpaired) electrons. The number of hydrogen-bond donors (Lipinski definition) is 1. The van der Waals surface area contributed by atoms with Crippen LogP contribution in [0, 0.1) is 5.92 Å². The van der Waals surface area contributed by atoms with Gasteiger partial charge in [-0.05, 0) is 30.4 Å². The second-order valence-corrected chi connectivity index (χ2v) is 6.76. The van der Waals surface area contributed by atoms with E-state index in [1.165, 1.54) is 11.1 Å². The molecule has 1 aromatic carbocycles. The molecule has 2 aliphatic heterocycles. The minimum atomic E-state index is -1.01. The molecular weight excluding hydrogens is 376 g/mol. The zero-order valence-corrected chi connectivity index (χ0v) is 15.6. The quantitative estimate of drug-likeness (QED) is 0.460. The van der Waals surface area contributed by atoms with E-state index in [0.717, 1.165) is 32.8 Å². The van der Waals surface area contributed by atoms with E-state index in [-0.39, 0.29) is 5.11 Å². The van der Waals surface area contributed by atoms with Crippen molar-refractivity contribution in [1.29, 1.82) is 0 Å². The van der Waals surface area contributed by atoms with Crippen molar-refractivity contribution >= 4 is 52.6 Å². The Morgan fingerprint density at radius 2 is 2.12 bits per heavy atom. The smallest absolute Gasteiger partial charge is 0.251 e. The fourth-order valence-electron chi connectivity index (χ4n) is 2.79. The maximum atomic E-state index is 12.8. The summed E-state index contributed by atoms with van der Waals surface area (Å²) in [6, 6.07) is 6.75. The fraction of sp³-hybridized carbons (Fsp3) is 0.412. The van der Waals surface area contributed by atoms with E-state index < -0.39 is 17.7 Å². The molecule has 3 rings (SSSR count). The molecule has 0 aliphatic carbocycles. The van der Waals surface area contributed by atoms with E-state index >= 15 is 0 Å². The van der Waals surface area contributed by atoms with E-state index in [0.29, 0.717) is 17.3 Å². The van der Waals surface area contributed by atoms with Crippen LogP contribution < -0.4 is 10.2 Å². The lowest BCUT2D eigenvalue weighted by atomic mass is 10.1. The van der Waals surface area contributed by atoms with Crippen molar-refractivity contribution in [2.45, 2.75) is 0 Å². The van der Waals surface area contributed by atoms with Gasteiger partial charge in [0.2, 0.25) is 5.91 Å². The number of hydrogen-bond acceptors (Lipinski definition) is 6. The van der Waals surface area contributed by atoms with Crippen LogP contribution in [0.3, 0.4) is 0 Å². The Balaban J connectivity index is 1.66. The van der Waals surface area contributed by atoms with Crippen molar-refractivity contribution in [3.63, 3.8) is 0 Å². The minimum Gasteiger partial charge on any atom is -0.379 e. The third-order valence-corrected chi connectivity index (χ3v) is 4.69. The van der Waals surface area contributed by atoms with Crippen molar-refractivity contribution in [1.82, 2.24) is 10.2 Å². The molecule has 0 unspecified atom stereocenters. The first-order chi connectivity index (χ1) is 12.6. The van der Waals surface area contributed by atoms with E-state index in [1.54, 1.807) is 24.3 Å². The van der Waals surface area contributed by atoms with Crippen molar-refractivity contribution in [2.24, 2.45) is 10.9 Å². The van der Waals surface area contributed by atoms with Crippen LogP contribution in [0.5, 0.6) is 0 Å².